The maximum absolute atomic E-state index is 12.7. The largest absolute Gasteiger partial charge is 0.477 e. The van der Waals surface area contributed by atoms with Crippen LogP contribution in [0.2, 0.25) is 0 Å². The molecule has 116 valence electrons. The number of hydrogen-bond donors (Lipinski definition) is 1. The highest BCUT2D eigenvalue weighted by Gasteiger charge is 2.44. The molecular formula is C14H20N2O4S. The van der Waals surface area contributed by atoms with Gasteiger partial charge < -0.3 is 9.67 Å². The van der Waals surface area contributed by atoms with E-state index in [-0.39, 0.29) is 16.6 Å². The number of nitrogens with zero attached hydrogens (tertiary/aromatic N) is 2. The average Bonchev–Trinajstić information content (AvgIpc) is 3.13. The van der Waals surface area contributed by atoms with Crippen LogP contribution >= 0.6 is 0 Å². The van der Waals surface area contributed by atoms with Crippen molar-refractivity contribution in [2.75, 3.05) is 6.54 Å². The Morgan fingerprint density at radius 1 is 1.43 bits per heavy atom. The highest BCUT2D eigenvalue weighted by Crippen LogP contribution is 2.40. The topological polar surface area (TPSA) is 79.6 Å². The third-order valence-electron chi connectivity index (χ3n) is 4.52. The number of sulfonamides is 1. The van der Waals surface area contributed by atoms with Gasteiger partial charge in [0, 0.05) is 25.3 Å². The first-order chi connectivity index (χ1) is 9.93. The Balaban J connectivity index is 1.95. The maximum Gasteiger partial charge on any atom is 0.352 e. The second-order valence-corrected chi connectivity index (χ2v) is 7.86. The van der Waals surface area contributed by atoms with Gasteiger partial charge in [0.2, 0.25) is 10.0 Å². The van der Waals surface area contributed by atoms with Crippen molar-refractivity contribution in [2.45, 2.75) is 50.1 Å². The number of hydrogen-bond acceptors (Lipinski definition) is 3. The van der Waals surface area contributed by atoms with Crippen LogP contribution in [0, 0.1) is 5.92 Å². The van der Waals surface area contributed by atoms with Gasteiger partial charge in [-0.15, -0.1) is 0 Å². The molecule has 2 fully saturated rings. The maximum atomic E-state index is 12.7. The quantitative estimate of drug-likeness (QED) is 0.898. The molecule has 0 aromatic carbocycles. The number of aromatic nitrogens is 1. The summed E-state index contributed by atoms with van der Waals surface area (Å²) in [5, 5.41) is 9.21. The zero-order chi connectivity index (χ0) is 15.2. The van der Waals surface area contributed by atoms with Crippen molar-refractivity contribution < 1.29 is 18.3 Å². The lowest BCUT2D eigenvalue weighted by Gasteiger charge is -2.25. The molecule has 1 aromatic heterocycles. The Bertz CT molecular complexity index is 665. The van der Waals surface area contributed by atoms with Crippen LogP contribution in [0.4, 0.5) is 0 Å². The minimum atomic E-state index is -3.57. The molecule has 1 saturated heterocycles. The molecule has 21 heavy (non-hydrogen) atoms. The Kier molecular flexibility index (Phi) is 3.57. The van der Waals surface area contributed by atoms with Crippen molar-refractivity contribution in [1.29, 1.82) is 0 Å². The van der Waals surface area contributed by atoms with E-state index in [2.05, 4.69) is 0 Å². The van der Waals surface area contributed by atoms with Crippen LogP contribution < -0.4 is 0 Å². The molecular weight excluding hydrogens is 292 g/mol. The average molecular weight is 312 g/mol. The van der Waals surface area contributed by atoms with Crippen LogP contribution in [0.15, 0.2) is 17.2 Å². The minimum absolute atomic E-state index is 0.0415. The van der Waals surface area contributed by atoms with Gasteiger partial charge in [0.1, 0.15) is 10.6 Å². The highest BCUT2D eigenvalue weighted by molar-refractivity contribution is 7.89. The molecule has 2 aliphatic rings. The monoisotopic (exact) mass is 312 g/mol. The van der Waals surface area contributed by atoms with Crippen LogP contribution in [0.1, 0.15) is 43.1 Å². The summed E-state index contributed by atoms with van der Waals surface area (Å²) >= 11 is 0. The van der Waals surface area contributed by atoms with Gasteiger partial charge in [-0.3, -0.25) is 0 Å². The van der Waals surface area contributed by atoms with Crippen molar-refractivity contribution in [1.82, 2.24) is 8.87 Å². The summed E-state index contributed by atoms with van der Waals surface area (Å²) in [6.07, 6.45) is 5.19. The Morgan fingerprint density at radius 3 is 2.71 bits per heavy atom. The number of aryl methyl sites for hydroxylation is 1. The van der Waals surface area contributed by atoms with Crippen molar-refractivity contribution in [3.05, 3.63) is 18.0 Å². The van der Waals surface area contributed by atoms with E-state index in [4.69, 9.17) is 0 Å². The lowest BCUT2D eigenvalue weighted by Crippen LogP contribution is -2.37. The number of carboxylic acids is 1. The predicted octanol–water partition coefficient (Wildman–Crippen LogP) is 1.77. The molecule has 0 amide bonds. The number of aromatic carboxylic acids is 1. The molecule has 3 rings (SSSR count). The molecule has 1 aliphatic heterocycles. The van der Waals surface area contributed by atoms with E-state index in [9.17, 15) is 18.3 Å². The fourth-order valence-corrected chi connectivity index (χ4v) is 5.32. The number of rotatable bonds is 5. The number of piperidine rings is 1. The normalized spacial score (nSPS) is 25.6. The summed E-state index contributed by atoms with van der Waals surface area (Å²) in [5.74, 6) is -0.616. The van der Waals surface area contributed by atoms with Gasteiger partial charge in [0.25, 0.3) is 0 Å². The van der Waals surface area contributed by atoms with Crippen LogP contribution in [-0.4, -0.2) is 41.0 Å². The van der Waals surface area contributed by atoms with Crippen LogP contribution in [0.5, 0.6) is 0 Å². The first kappa shape index (κ1) is 14.6. The zero-order valence-electron chi connectivity index (χ0n) is 12.0. The van der Waals surface area contributed by atoms with E-state index in [0.29, 0.717) is 19.0 Å². The molecule has 1 N–H and O–H groups in total. The van der Waals surface area contributed by atoms with E-state index in [1.54, 1.807) is 4.31 Å². The number of carbonyl (C=O) groups is 1. The zero-order valence-corrected chi connectivity index (χ0v) is 12.8. The first-order valence-corrected chi connectivity index (χ1v) is 8.82. The van der Waals surface area contributed by atoms with Gasteiger partial charge in [-0.25, -0.2) is 13.2 Å². The third kappa shape index (κ3) is 2.38. The summed E-state index contributed by atoms with van der Waals surface area (Å²) in [6.45, 7) is 3.01. The smallest absolute Gasteiger partial charge is 0.352 e. The molecule has 6 nitrogen and oxygen atoms in total. The highest BCUT2D eigenvalue weighted by atomic mass is 32.2. The van der Waals surface area contributed by atoms with Gasteiger partial charge in [-0.2, -0.15) is 4.31 Å². The van der Waals surface area contributed by atoms with E-state index >= 15 is 0 Å². The Morgan fingerprint density at radius 2 is 2.19 bits per heavy atom. The van der Waals surface area contributed by atoms with E-state index < -0.39 is 16.0 Å². The predicted molar refractivity (Wildman–Crippen MR) is 76.7 cm³/mol. The van der Waals surface area contributed by atoms with Crippen molar-refractivity contribution >= 4 is 16.0 Å². The second kappa shape index (κ2) is 5.14. The standard InChI is InChI=1S/C14H20N2O4S/c1-2-5-15-9-12(7-13(15)14(17)18)21(19,20)16-8-10-3-4-11(16)6-10/h7,9-11H,2-6,8H2,1H3,(H,17,18). The van der Waals surface area contributed by atoms with Gasteiger partial charge in [-0.1, -0.05) is 6.92 Å². The molecule has 2 atom stereocenters. The van der Waals surface area contributed by atoms with E-state index in [1.807, 2.05) is 6.92 Å². The van der Waals surface area contributed by atoms with Gasteiger partial charge in [0.15, 0.2) is 0 Å². The number of carboxylic acid groups (broad SMARTS) is 1. The fourth-order valence-electron chi connectivity index (χ4n) is 3.54. The van der Waals surface area contributed by atoms with Gasteiger partial charge in [0.05, 0.1) is 0 Å². The van der Waals surface area contributed by atoms with Crippen molar-refractivity contribution in [3.63, 3.8) is 0 Å². The molecule has 1 aliphatic carbocycles. The second-order valence-electron chi connectivity index (χ2n) is 5.97. The molecule has 1 aromatic rings. The minimum Gasteiger partial charge on any atom is -0.477 e. The fraction of sp³-hybridized carbons (Fsp3) is 0.643. The Hall–Kier alpha value is -1.34. The SMILES string of the molecule is CCCn1cc(S(=O)(=O)N2CC3CCC2C3)cc1C(=O)O. The van der Waals surface area contributed by atoms with Gasteiger partial charge >= 0.3 is 5.97 Å². The number of fused-ring (bicyclic) bond motifs is 2. The van der Waals surface area contributed by atoms with E-state index in [1.165, 1.54) is 16.8 Å². The van der Waals surface area contributed by atoms with Crippen LogP contribution in [-0.2, 0) is 16.6 Å². The lowest BCUT2D eigenvalue weighted by molar-refractivity contribution is 0.0685. The van der Waals surface area contributed by atoms with Crippen LogP contribution in [0.3, 0.4) is 0 Å². The molecule has 2 heterocycles. The summed E-state index contributed by atoms with van der Waals surface area (Å²) < 4.78 is 28.6. The third-order valence-corrected chi connectivity index (χ3v) is 6.40. The van der Waals surface area contributed by atoms with Crippen molar-refractivity contribution in [3.8, 4) is 0 Å². The molecule has 7 heteroatoms. The summed E-state index contributed by atoms with van der Waals surface area (Å²) in [6, 6.07) is 1.39. The summed E-state index contributed by atoms with van der Waals surface area (Å²) in [5.41, 5.74) is 0.0415. The van der Waals surface area contributed by atoms with Gasteiger partial charge in [-0.05, 0) is 37.7 Å². The molecule has 2 bridgehead atoms. The van der Waals surface area contributed by atoms with Crippen LogP contribution in [0.25, 0.3) is 0 Å². The molecule has 2 unspecified atom stereocenters. The molecule has 0 spiro atoms. The van der Waals surface area contributed by atoms with E-state index in [0.717, 1.165) is 25.7 Å². The summed E-state index contributed by atoms with van der Waals surface area (Å²) in [4.78, 5) is 11.4. The Labute approximate surface area is 124 Å². The molecule has 1 saturated carbocycles. The summed E-state index contributed by atoms with van der Waals surface area (Å²) in [7, 11) is -3.57. The first-order valence-electron chi connectivity index (χ1n) is 7.38. The lowest BCUT2D eigenvalue weighted by atomic mass is 10.1. The van der Waals surface area contributed by atoms with Crippen molar-refractivity contribution in [2.24, 2.45) is 5.92 Å². The molecule has 0 radical (unpaired) electrons.